The summed E-state index contributed by atoms with van der Waals surface area (Å²) in [4.78, 5) is 10.8. The highest BCUT2D eigenvalue weighted by Gasteiger charge is 2.31. The molecule has 3 N–H and O–H groups in total. The second-order valence-corrected chi connectivity index (χ2v) is 5.79. The number of oxazole rings is 1. The molecule has 7 nitrogen and oxygen atoms in total. The lowest BCUT2D eigenvalue weighted by Gasteiger charge is -2.39. The van der Waals surface area contributed by atoms with E-state index in [1.807, 2.05) is 6.92 Å². The van der Waals surface area contributed by atoms with Crippen LogP contribution in [0.15, 0.2) is 10.8 Å². The van der Waals surface area contributed by atoms with E-state index in [0.29, 0.717) is 24.1 Å². The van der Waals surface area contributed by atoms with Crippen molar-refractivity contribution in [1.29, 1.82) is 0 Å². The van der Waals surface area contributed by atoms with E-state index in [1.165, 1.54) is 6.39 Å². The standard InChI is InChI=1S/C13H20N6O/c1-9-10(20-8-15-9)11-16-12(18-17-11)19-5-3-4-13(2,6-14)7-19/h8H,3-7,14H2,1-2H3,(H,16,17,18). The fraction of sp³-hybridized carbons (Fsp3) is 0.615. The Hall–Kier alpha value is -1.89. The molecule has 1 aliphatic rings. The molecule has 1 atom stereocenters. The van der Waals surface area contributed by atoms with Gasteiger partial charge in [0.2, 0.25) is 5.95 Å². The van der Waals surface area contributed by atoms with Crippen molar-refractivity contribution in [3.8, 4) is 11.6 Å². The largest absolute Gasteiger partial charge is 0.440 e. The lowest BCUT2D eigenvalue weighted by atomic mass is 9.82. The highest BCUT2D eigenvalue weighted by atomic mass is 16.3. The maximum absolute atomic E-state index is 5.88. The third kappa shape index (κ3) is 2.29. The molecule has 0 aliphatic carbocycles. The van der Waals surface area contributed by atoms with Crippen LogP contribution in [0.5, 0.6) is 0 Å². The van der Waals surface area contributed by atoms with Crippen LogP contribution in [0, 0.1) is 12.3 Å². The minimum absolute atomic E-state index is 0.140. The summed E-state index contributed by atoms with van der Waals surface area (Å²) in [5.74, 6) is 1.97. The van der Waals surface area contributed by atoms with E-state index in [0.717, 1.165) is 31.6 Å². The number of nitrogens with zero attached hydrogens (tertiary/aromatic N) is 4. The monoisotopic (exact) mass is 276 g/mol. The van der Waals surface area contributed by atoms with Gasteiger partial charge in [0.05, 0.1) is 5.69 Å². The van der Waals surface area contributed by atoms with E-state index in [1.54, 1.807) is 0 Å². The topological polar surface area (TPSA) is 96.9 Å². The number of aromatic nitrogens is 4. The molecule has 0 aromatic carbocycles. The third-order valence-corrected chi connectivity index (χ3v) is 3.99. The summed E-state index contributed by atoms with van der Waals surface area (Å²) in [5.41, 5.74) is 6.83. The molecular formula is C13H20N6O. The van der Waals surface area contributed by atoms with Gasteiger partial charge in [-0.1, -0.05) is 6.92 Å². The predicted molar refractivity (Wildman–Crippen MR) is 75.2 cm³/mol. The zero-order valence-electron chi connectivity index (χ0n) is 11.9. The molecule has 1 saturated heterocycles. The summed E-state index contributed by atoms with van der Waals surface area (Å²) in [6.45, 7) is 6.63. The second kappa shape index (κ2) is 4.90. The van der Waals surface area contributed by atoms with E-state index >= 15 is 0 Å². The van der Waals surface area contributed by atoms with Crippen molar-refractivity contribution < 1.29 is 4.42 Å². The SMILES string of the molecule is Cc1ncoc1-c1nc(N2CCCC(C)(CN)C2)n[nH]1. The Labute approximate surface area is 117 Å². The van der Waals surface area contributed by atoms with Gasteiger partial charge in [-0.15, -0.1) is 5.10 Å². The predicted octanol–water partition coefficient (Wildman–Crippen LogP) is 1.33. The Morgan fingerprint density at radius 1 is 1.55 bits per heavy atom. The number of nitrogens with one attached hydrogen (secondary N) is 1. The first-order valence-corrected chi connectivity index (χ1v) is 6.89. The number of piperidine rings is 1. The summed E-state index contributed by atoms with van der Waals surface area (Å²) in [6, 6.07) is 0. The number of aromatic amines is 1. The average molecular weight is 276 g/mol. The summed E-state index contributed by atoms with van der Waals surface area (Å²) >= 11 is 0. The number of rotatable bonds is 3. The molecular weight excluding hydrogens is 256 g/mol. The lowest BCUT2D eigenvalue weighted by molar-refractivity contribution is 0.270. The van der Waals surface area contributed by atoms with Crippen molar-refractivity contribution in [3.63, 3.8) is 0 Å². The molecule has 2 aromatic rings. The van der Waals surface area contributed by atoms with Gasteiger partial charge in [0.15, 0.2) is 18.0 Å². The first-order valence-electron chi connectivity index (χ1n) is 6.89. The van der Waals surface area contributed by atoms with Gasteiger partial charge in [-0.3, -0.25) is 5.10 Å². The zero-order chi connectivity index (χ0) is 14.2. The summed E-state index contributed by atoms with van der Waals surface area (Å²) < 4.78 is 5.33. The van der Waals surface area contributed by atoms with Crippen LogP contribution in [0.2, 0.25) is 0 Å². The van der Waals surface area contributed by atoms with E-state index in [-0.39, 0.29) is 5.41 Å². The van der Waals surface area contributed by atoms with Crippen molar-refractivity contribution in [2.75, 3.05) is 24.5 Å². The quantitative estimate of drug-likeness (QED) is 0.878. The molecule has 7 heteroatoms. The number of nitrogens with two attached hydrogens (primary N) is 1. The normalized spacial score (nSPS) is 23.2. The molecule has 0 spiro atoms. The molecule has 3 heterocycles. The Morgan fingerprint density at radius 2 is 2.40 bits per heavy atom. The molecule has 2 aromatic heterocycles. The molecule has 1 aliphatic heterocycles. The highest BCUT2D eigenvalue weighted by Crippen LogP contribution is 2.30. The fourth-order valence-electron chi connectivity index (χ4n) is 2.68. The fourth-order valence-corrected chi connectivity index (χ4v) is 2.68. The van der Waals surface area contributed by atoms with Gasteiger partial charge in [0.1, 0.15) is 0 Å². The first kappa shape index (κ1) is 13.1. The van der Waals surface area contributed by atoms with Gasteiger partial charge in [-0.05, 0) is 31.7 Å². The van der Waals surface area contributed by atoms with E-state index in [2.05, 4.69) is 32.0 Å². The van der Waals surface area contributed by atoms with Gasteiger partial charge in [0.25, 0.3) is 0 Å². The van der Waals surface area contributed by atoms with Crippen LogP contribution in [-0.4, -0.2) is 39.8 Å². The molecule has 1 fully saturated rings. The van der Waals surface area contributed by atoms with Crippen molar-refractivity contribution in [1.82, 2.24) is 20.2 Å². The summed E-state index contributed by atoms with van der Waals surface area (Å²) in [7, 11) is 0. The number of hydrogen-bond acceptors (Lipinski definition) is 6. The molecule has 3 rings (SSSR count). The molecule has 0 radical (unpaired) electrons. The molecule has 0 amide bonds. The molecule has 0 saturated carbocycles. The van der Waals surface area contributed by atoms with Crippen molar-refractivity contribution >= 4 is 5.95 Å². The summed E-state index contributed by atoms with van der Waals surface area (Å²) in [5, 5.41) is 7.22. The van der Waals surface area contributed by atoms with Gasteiger partial charge < -0.3 is 15.1 Å². The van der Waals surface area contributed by atoms with E-state index in [4.69, 9.17) is 10.2 Å². The lowest BCUT2D eigenvalue weighted by Crippen LogP contribution is -2.46. The Kier molecular flexibility index (Phi) is 3.21. The third-order valence-electron chi connectivity index (χ3n) is 3.99. The van der Waals surface area contributed by atoms with Crippen LogP contribution in [0.25, 0.3) is 11.6 Å². The second-order valence-electron chi connectivity index (χ2n) is 5.79. The van der Waals surface area contributed by atoms with Gasteiger partial charge in [-0.25, -0.2) is 4.98 Å². The first-order chi connectivity index (χ1) is 9.61. The Balaban J connectivity index is 1.82. The Bertz CT molecular complexity index is 591. The average Bonchev–Trinajstić information content (AvgIpc) is 3.07. The highest BCUT2D eigenvalue weighted by molar-refractivity contribution is 5.51. The van der Waals surface area contributed by atoms with Crippen molar-refractivity contribution in [2.45, 2.75) is 26.7 Å². The number of H-pyrrole nitrogens is 1. The minimum atomic E-state index is 0.140. The van der Waals surface area contributed by atoms with Gasteiger partial charge >= 0.3 is 0 Å². The number of hydrogen-bond donors (Lipinski definition) is 2. The van der Waals surface area contributed by atoms with Crippen LogP contribution >= 0.6 is 0 Å². The van der Waals surface area contributed by atoms with Crippen LogP contribution in [0.4, 0.5) is 5.95 Å². The molecule has 0 bridgehead atoms. The summed E-state index contributed by atoms with van der Waals surface area (Å²) in [6.07, 6.45) is 3.68. The minimum Gasteiger partial charge on any atom is -0.440 e. The van der Waals surface area contributed by atoms with Crippen LogP contribution in [0.3, 0.4) is 0 Å². The van der Waals surface area contributed by atoms with E-state index in [9.17, 15) is 0 Å². The van der Waals surface area contributed by atoms with Gasteiger partial charge in [0, 0.05) is 13.1 Å². The Morgan fingerprint density at radius 3 is 3.10 bits per heavy atom. The van der Waals surface area contributed by atoms with Crippen LogP contribution in [0.1, 0.15) is 25.5 Å². The van der Waals surface area contributed by atoms with Crippen molar-refractivity contribution in [3.05, 3.63) is 12.1 Å². The number of anilines is 1. The van der Waals surface area contributed by atoms with Gasteiger partial charge in [-0.2, -0.15) is 4.98 Å². The zero-order valence-corrected chi connectivity index (χ0v) is 11.9. The van der Waals surface area contributed by atoms with Crippen LogP contribution < -0.4 is 10.6 Å². The molecule has 108 valence electrons. The van der Waals surface area contributed by atoms with Crippen molar-refractivity contribution in [2.24, 2.45) is 11.1 Å². The number of aryl methyl sites for hydroxylation is 1. The maximum Gasteiger partial charge on any atom is 0.245 e. The van der Waals surface area contributed by atoms with Crippen LogP contribution in [-0.2, 0) is 0 Å². The van der Waals surface area contributed by atoms with E-state index < -0.39 is 0 Å². The molecule has 20 heavy (non-hydrogen) atoms. The maximum atomic E-state index is 5.88. The molecule has 1 unspecified atom stereocenters. The smallest absolute Gasteiger partial charge is 0.245 e.